The first kappa shape index (κ1) is 18.5. The summed E-state index contributed by atoms with van der Waals surface area (Å²) in [7, 11) is 0. The van der Waals surface area contributed by atoms with Crippen LogP contribution in [0.5, 0.6) is 0 Å². The highest BCUT2D eigenvalue weighted by Crippen LogP contribution is 2.21. The number of ether oxygens (including phenoxy) is 1. The Balaban J connectivity index is 2.58. The lowest BCUT2D eigenvalue weighted by atomic mass is 9.86. The van der Waals surface area contributed by atoms with E-state index in [0.717, 1.165) is 0 Å². The minimum absolute atomic E-state index is 0.0621. The van der Waals surface area contributed by atoms with Gasteiger partial charge in [0.2, 0.25) is 0 Å². The first-order valence-corrected chi connectivity index (χ1v) is 7.67. The second-order valence-electron chi connectivity index (χ2n) is 6.42. The molecule has 122 valence electrons. The molecule has 1 rings (SSSR count). The molecule has 0 heterocycles. The van der Waals surface area contributed by atoms with Gasteiger partial charge in [0.1, 0.15) is 11.6 Å². The van der Waals surface area contributed by atoms with Crippen LogP contribution in [0.1, 0.15) is 57.3 Å². The van der Waals surface area contributed by atoms with E-state index in [2.05, 4.69) is 0 Å². The van der Waals surface area contributed by atoms with Crippen molar-refractivity contribution in [3.8, 4) is 0 Å². The Morgan fingerprint density at radius 3 is 2.27 bits per heavy atom. The predicted molar refractivity (Wildman–Crippen MR) is 84.5 cm³/mol. The largest absolute Gasteiger partial charge is 0.378 e. The maximum atomic E-state index is 12.9. The molecule has 0 radical (unpaired) electrons. The van der Waals surface area contributed by atoms with Crippen molar-refractivity contribution >= 4 is 11.6 Å². The van der Waals surface area contributed by atoms with Crippen molar-refractivity contribution in [1.29, 1.82) is 0 Å². The molecule has 1 aromatic carbocycles. The fourth-order valence-electron chi connectivity index (χ4n) is 2.07. The molecule has 0 N–H and O–H groups in total. The number of hydrogen-bond donors (Lipinski definition) is 0. The molecule has 0 amide bonds. The predicted octanol–water partition coefficient (Wildman–Crippen LogP) is 4.20. The van der Waals surface area contributed by atoms with Crippen molar-refractivity contribution in [2.24, 2.45) is 5.41 Å². The summed E-state index contributed by atoms with van der Waals surface area (Å²) < 4.78 is 18.4. The molecular weight excluding hydrogens is 283 g/mol. The third-order valence-electron chi connectivity index (χ3n) is 3.51. The van der Waals surface area contributed by atoms with Gasteiger partial charge in [-0.3, -0.25) is 9.59 Å². The topological polar surface area (TPSA) is 43.4 Å². The molecule has 0 aliphatic heterocycles. The van der Waals surface area contributed by atoms with E-state index < -0.39 is 5.41 Å². The van der Waals surface area contributed by atoms with E-state index in [-0.39, 0.29) is 29.9 Å². The number of carbonyl (C=O) groups excluding carboxylic acids is 2. The minimum Gasteiger partial charge on any atom is -0.378 e. The standard InChI is InChI=1S/C18H25FO3/c1-5-22-15(12-17(21)18(2,3)4)10-11-16(20)13-6-8-14(19)9-7-13/h6-9,15H,5,10-12H2,1-4H3. The Bertz CT molecular complexity index is 500. The molecule has 0 aliphatic rings. The van der Waals surface area contributed by atoms with Crippen LogP contribution in [0.25, 0.3) is 0 Å². The van der Waals surface area contributed by atoms with Crippen molar-refractivity contribution < 1.29 is 18.7 Å². The van der Waals surface area contributed by atoms with Crippen LogP contribution in [0.15, 0.2) is 24.3 Å². The number of benzene rings is 1. The van der Waals surface area contributed by atoms with E-state index in [4.69, 9.17) is 4.74 Å². The molecule has 0 aromatic heterocycles. The summed E-state index contributed by atoms with van der Waals surface area (Å²) in [4.78, 5) is 24.2. The average Bonchev–Trinajstić information content (AvgIpc) is 2.44. The Morgan fingerprint density at radius 2 is 1.77 bits per heavy atom. The van der Waals surface area contributed by atoms with Crippen LogP contribution in [0.4, 0.5) is 4.39 Å². The van der Waals surface area contributed by atoms with Gasteiger partial charge in [-0.15, -0.1) is 0 Å². The maximum absolute atomic E-state index is 12.9. The van der Waals surface area contributed by atoms with E-state index in [1.807, 2.05) is 27.7 Å². The summed E-state index contributed by atoms with van der Waals surface area (Å²) >= 11 is 0. The Hall–Kier alpha value is -1.55. The summed E-state index contributed by atoms with van der Waals surface area (Å²) in [6, 6.07) is 5.51. The highest BCUT2D eigenvalue weighted by Gasteiger charge is 2.25. The van der Waals surface area contributed by atoms with Gasteiger partial charge in [0.05, 0.1) is 6.10 Å². The molecule has 0 saturated carbocycles. The lowest BCUT2D eigenvalue weighted by Gasteiger charge is -2.22. The van der Waals surface area contributed by atoms with E-state index in [1.165, 1.54) is 24.3 Å². The SMILES string of the molecule is CCOC(CCC(=O)c1ccc(F)cc1)CC(=O)C(C)(C)C. The quantitative estimate of drug-likeness (QED) is 0.676. The van der Waals surface area contributed by atoms with Crippen LogP contribution in [0.3, 0.4) is 0 Å². The van der Waals surface area contributed by atoms with Gasteiger partial charge in [-0.25, -0.2) is 4.39 Å². The van der Waals surface area contributed by atoms with Gasteiger partial charge in [-0.05, 0) is 37.6 Å². The Morgan fingerprint density at radius 1 is 1.18 bits per heavy atom. The fourth-order valence-corrected chi connectivity index (χ4v) is 2.07. The van der Waals surface area contributed by atoms with Crippen LogP contribution >= 0.6 is 0 Å². The number of halogens is 1. The van der Waals surface area contributed by atoms with Crippen LogP contribution in [0, 0.1) is 11.2 Å². The summed E-state index contributed by atoms with van der Waals surface area (Å²) in [6.45, 7) is 8.01. The number of ketones is 2. The van der Waals surface area contributed by atoms with Gasteiger partial charge in [-0.2, -0.15) is 0 Å². The second-order valence-corrected chi connectivity index (χ2v) is 6.42. The molecule has 22 heavy (non-hydrogen) atoms. The summed E-state index contributed by atoms with van der Waals surface area (Å²) in [5.74, 6) is -0.299. The molecule has 1 unspecified atom stereocenters. The first-order valence-electron chi connectivity index (χ1n) is 7.67. The first-order chi connectivity index (χ1) is 10.2. The number of hydrogen-bond acceptors (Lipinski definition) is 3. The van der Waals surface area contributed by atoms with Crippen molar-refractivity contribution in [2.75, 3.05) is 6.61 Å². The Kier molecular flexibility index (Phi) is 6.88. The summed E-state index contributed by atoms with van der Waals surface area (Å²) in [6.07, 6.45) is 0.842. The fraction of sp³-hybridized carbons (Fsp3) is 0.556. The van der Waals surface area contributed by atoms with E-state index >= 15 is 0 Å². The second kappa shape index (κ2) is 8.18. The molecule has 3 nitrogen and oxygen atoms in total. The summed E-state index contributed by atoms with van der Waals surface area (Å²) in [5.41, 5.74) is 0.0786. The van der Waals surface area contributed by atoms with Crippen molar-refractivity contribution in [3.63, 3.8) is 0 Å². The van der Waals surface area contributed by atoms with Gasteiger partial charge in [0.25, 0.3) is 0 Å². The lowest BCUT2D eigenvalue weighted by molar-refractivity contribution is -0.129. The molecule has 0 saturated heterocycles. The van der Waals surface area contributed by atoms with E-state index in [1.54, 1.807) is 0 Å². The van der Waals surface area contributed by atoms with Gasteiger partial charge in [0, 0.05) is 30.4 Å². The van der Waals surface area contributed by atoms with Gasteiger partial charge < -0.3 is 4.74 Å². The monoisotopic (exact) mass is 308 g/mol. The van der Waals surface area contributed by atoms with E-state index in [9.17, 15) is 14.0 Å². The minimum atomic E-state index is -0.406. The molecule has 0 fully saturated rings. The molecule has 4 heteroatoms. The van der Waals surface area contributed by atoms with Crippen LogP contribution in [0.2, 0.25) is 0 Å². The van der Waals surface area contributed by atoms with Gasteiger partial charge in [0.15, 0.2) is 5.78 Å². The van der Waals surface area contributed by atoms with Crippen molar-refractivity contribution in [3.05, 3.63) is 35.6 Å². The normalized spacial score (nSPS) is 13.0. The molecule has 1 aromatic rings. The molecule has 0 bridgehead atoms. The number of carbonyl (C=O) groups is 2. The molecular formula is C18H25FO3. The molecule has 1 atom stereocenters. The Labute approximate surface area is 131 Å². The molecule has 0 aliphatic carbocycles. The lowest BCUT2D eigenvalue weighted by Crippen LogP contribution is -2.27. The highest BCUT2D eigenvalue weighted by atomic mass is 19.1. The smallest absolute Gasteiger partial charge is 0.162 e. The van der Waals surface area contributed by atoms with Crippen LogP contribution in [-0.4, -0.2) is 24.3 Å². The average molecular weight is 308 g/mol. The number of rotatable bonds is 8. The zero-order valence-corrected chi connectivity index (χ0v) is 13.8. The summed E-state index contributed by atoms with van der Waals surface area (Å²) in [5, 5.41) is 0. The van der Waals surface area contributed by atoms with E-state index in [0.29, 0.717) is 25.0 Å². The van der Waals surface area contributed by atoms with Crippen molar-refractivity contribution in [1.82, 2.24) is 0 Å². The number of Topliss-reactive ketones (excluding diaryl/α,β-unsaturated/α-hetero) is 2. The van der Waals surface area contributed by atoms with Crippen LogP contribution < -0.4 is 0 Å². The third-order valence-corrected chi connectivity index (χ3v) is 3.51. The van der Waals surface area contributed by atoms with Gasteiger partial charge >= 0.3 is 0 Å². The van der Waals surface area contributed by atoms with Crippen LogP contribution in [-0.2, 0) is 9.53 Å². The molecule has 0 spiro atoms. The van der Waals surface area contributed by atoms with Crippen molar-refractivity contribution in [2.45, 2.75) is 53.1 Å². The zero-order valence-electron chi connectivity index (χ0n) is 13.8. The zero-order chi connectivity index (χ0) is 16.8. The highest BCUT2D eigenvalue weighted by molar-refractivity contribution is 5.96. The maximum Gasteiger partial charge on any atom is 0.162 e. The third kappa shape index (κ3) is 6.06. The van der Waals surface area contributed by atoms with Gasteiger partial charge in [-0.1, -0.05) is 20.8 Å².